The number of nitrogens with one attached hydrogen (secondary N) is 1. The van der Waals surface area contributed by atoms with E-state index in [9.17, 15) is 0 Å². The molecule has 3 heterocycles. The van der Waals surface area contributed by atoms with Gasteiger partial charge in [0.2, 0.25) is 0 Å². The van der Waals surface area contributed by atoms with Crippen molar-refractivity contribution >= 4 is 27.4 Å². The molecule has 0 spiro atoms. The molecule has 1 aliphatic rings. The van der Waals surface area contributed by atoms with Crippen molar-refractivity contribution in [3.63, 3.8) is 0 Å². The summed E-state index contributed by atoms with van der Waals surface area (Å²) in [6.45, 7) is 8.73. The summed E-state index contributed by atoms with van der Waals surface area (Å²) in [6, 6.07) is 2.09. The molecular weight excluding hydrogens is 284 g/mol. The maximum absolute atomic E-state index is 5.70. The molecule has 6 heteroatoms. The second-order valence-electron chi connectivity index (χ2n) is 5.43. The van der Waals surface area contributed by atoms with Gasteiger partial charge in [-0.3, -0.25) is 4.90 Å². The van der Waals surface area contributed by atoms with Gasteiger partial charge in [-0.1, -0.05) is 0 Å². The van der Waals surface area contributed by atoms with Gasteiger partial charge in [-0.25, -0.2) is 9.97 Å². The van der Waals surface area contributed by atoms with Gasteiger partial charge in [-0.15, -0.1) is 11.3 Å². The summed E-state index contributed by atoms with van der Waals surface area (Å²) in [5, 5.41) is 6.55. The smallest absolute Gasteiger partial charge is 0.146 e. The normalized spacial score (nSPS) is 20.6. The lowest BCUT2D eigenvalue weighted by Gasteiger charge is -2.21. The molecule has 0 radical (unpaired) electrons. The Morgan fingerprint density at radius 2 is 2.38 bits per heavy atom. The Morgan fingerprint density at radius 1 is 1.48 bits per heavy atom. The molecule has 0 bridgehead atoms. The van der Waals surface area contributed by atoms with E-state index in [0.29, 0.717) is 0 Å². The van der Waals surface area contributed by atoms with E-state index in [1.165, 1.54) is 0 Å². The number of fused-ring (bicyclic) bond motifs is 1. The van der Waals surface area contributed by atoms with Gasteiger partial charge in [0, 0.05) is 26.2 Å². The van der Waals surface area contributed by atoms with Crippen LogP contribution in [0.15, 0.2) is 11.4 Å². The van der Waals surface area contributed by atoms with E-state index in [1.54, 1.807) is 11.3 Å². The van der Waals surface area contributed by atoms with E-state index in [1.807, 2.05) is 0 Å². The van der Waals surface area contributed by atoms with Gasteiger partial charge in [0.1, 0.15) is 16.5 Å². The monoisotopic (exact) mass is 306 g/mol. The summed E-state index contributed by atoms with van der Waals surface area (Å²) in [5.74, 6) is 1.85. The van der Waals surface area contributed by atoms with Gasteiger partial charge in [-0.05, 0) is 31.7 Å². The molecular formula is C15H22N4OS. The first-order chi connectivity index (χ1) is 10.3. The van der Waals surface area contributed by atoms with Crippen molar-refractivity contribution in [2.45, 2.75) is 32.9 Å². The molecule has 1 unspecified atom stereocenters. The first-order valence-corrected chi connectivity index (χ1v) is 8.46. The Hall–Kier alpha value is -1.24. The molecule has 21 heavy (non-hydrogen) atoms. The molecule has 1 aliphatic heterocycles. The quantitative estimate of drug-likeness (QED) is 0.941. The first-order valence-electron chi connectivity index (χ1n) is 7.58. The average Bonchev–Trinajstić information content (AvgIpc) is 2.83. The number of ether oxygens (including phenoxy) is 1. The van der Waals surface area contributed by atoms with E-state index >= 15 is 0 Å². The van der Waals surface area contributed by atoms with Crippen molar-refractivity contribution < 1.29 is 4.74 Å². The van der Waals surface area contributed by atoms with Crippen LogP contribution < -0.4 is 5.32 Å². The predicted octanol–water partition coefficient (Wildman–Crippen LogP) is 2.73. The summed E-state index contributed by atoms with van der Waals surface area (Å²) in [4.78, 5) is 12.9. The lowest BCUT2D eigenvalue weighted by molar-refractivity contribution is 0.0665. The van der Waals surface area contributed by atoms with Gasteiger partial charge >= 0.3 is 0 Å². The molecule has 1 N–H and O–H groups in total. The number of anilines is 1. The highest BCUT2D eigenvalue weighted by atomic mass is 32.1. The molecule has 1 fully saturated rings. The fourth-order valence-electron chi connectivity index (χ4n) is 2.70. The van der Waals surface area contributed by atoms with E-state index < -0.39 is 0 Å². The maximum Gasteiger partial charge on any atom is 0.146 e. The molecule has 1 atom stereocenters. The molecule has 3 rings (SSSR count). The van der Waals surface area contributed by atoms with Crippen molar-refractivity contribution in [1.29, 1.82) is 0 Å². The highest BCUT2D eigenvalue weighted by Gasteiger charge is 2.17. The Bertz CT molecular complexity index is 600. The van der Waals surface area contributed by atoms with Crippen molar-refractivity contribution in [3.05, 3.63) is 17.3 Å². The van der Waals surface area contributed by atoms with Crippen molar-refractivity contribution in [2.24, 2.45) is 0 Å². The molecule has 0 aliphatic carbocycles. The zero-order valence-corrected chi connectivity index (χ0v) is 13.4. The number of rotatable bonds is 4. The minimum atomic E-state index is 0.284. The maximum atomic E-state index is 5.70. The Kier molecular flexibility index (Phi) is 4.67. The first kappa shape index (κ1) is 14.7. The number of aromatic nitrogens is 2. The summed E-state index contributed by atoms with van der Waals surface area (Å²) in [7, 11) is 0. The zero-order valence-electron chi connectivity index (χ0n) is 12.6. The van der Waals surface area contributed by atoms with E-state index in [-0.39, 0.29) is 6.10 Å². The highest BCUT2D eigenvalue weighted by Crippen LogP contribution is 2.25. The van der Waals surface area contributed by atoms with Crippen LogP contribution in [0.4, 0.5) is 5.82 Å². The minimum Gasteiger partial charge on any atom is -0.377 e. The minimum absolute atomic E-state index is 0.284. The largest absolute Gasteiger partial charge is 0.377 e. The molecule has 0 aromatic carbocycles. The summed E-state index contributed by atoms with van der Waals surface area (Å²) in [5.41, 5.74) is 0. The van der Waals surface area contributed by atoms with Gasteiger partial charge < -0.3 is 10.1 Å². The predicted molar refractivity (Wildman–Crippen MR) is 86.9 cm³/mol. The van der Waals surface area contributed by atoms with Crippen LogP contribution >= 0.6 is 11.3 Å². The standard InChI is InChI=1S/C15H22N4OS/c1-3-16-14-12-5-8-21-15(12)18-13(17-14)10-19-6-4-7-20-11(2)9-19/h5,8,11H,3-4,6-7,9-10H2,1-2H3,(H,16,17,18). The third-order valence-corrected chi connectivity index (χ3v) is 4.42. The Morgan fingerprint density at radius 3 is 3.24 bits per heavy atom. The van der Waals surface area contributed by atoms with Crippen molar-refractivity contribution in [1.82, 2.24) is 14.9 Å². The van der Waals surface area contributed by atoms with Crippen molar-refractivity contribution in [2.75, 3.05) is 31.6 Å². The highest BCUT2D eigenvalue weighted by molar-refractivity contribution is 7.16. The fourth-order valence-corrected chi connectivity index (χ4v) is 3.48. The van der Waals surface area contributed by atoms with Crippen LogP contribution in [0, 0.1) is 0 Å². The van der Waals surface area contributed by atoms with E-state index in [0.717, 1.165) is 61.1 Å². The third-order valence-electron chi connectivity index (χ3n) is 3.62. The van der Waals surface area contributed by atoms with Gasteiger partial charge in [0.25, 0.3) is 0 Å². The molecule has 5 nitrogen and oxygen atoms in total. The van der Waals surface area contributed by atoms with Crippen LogP contribution in [0.3, 0.4) is 0 Å². The van der Waals surface area contributed by atoms with E-state index in [2.05, 4.69) is 35.5 Å². The van der Waals surface area contributed by atoms with Crippen LogP contribution in [-0.4, -0.2) is 47.2 Å². The fraction of sp³-hybridized carbons (Fsp3) is 0.600. The molecule has 2 aromatic heterocycles. The average molecular weight is 306 g/mol. The second kappa shape index (κ2) is 6.68. The van der Waals surface area contributed by atoms with Crippen LogP contribution in [0.25, 0.3) is 10.2 Å². The van der Waals surface area contributed by atoms with Crippen molar-refractivity contribution in [3.8, 4) is 0 Å². The van der Waals surface area contributed by atoms with Crippen LogP contribution in [0.5, 0.6) is 0 Å². The molecule has 114 valence electrons. The van der Waals surface area contributed by atoms with Crippen LogP contribution in [0.2, 0.25) is 0 Å². The summed E-state index contributed by atoms with van der Waals surface area (Å²) < 4.78 is 5.70. The van der Waals surface area contributed by atoms with Gasteiger partial charge in [0.05, 0.1) is 18.0 Å². The molecule has 0 saturated carbocycles. The second-order valence-corrected chi connectivity index (χ2v) is 6.32. The Labute approximate surface area is 129 Å². The third kappa shape index (κ3) is 3.51. The summed E-state index contributed by atoms with van der Waals surface area (Å²) in [6.07, 6.45) is 1.36. The topological polar surface area (TPSA) is 50.3 Å². The van der Waals surface area contributed by atoms with Crippen LogP contribution in [0.1, 0.15) is 26.1 Å². The SMILES string of the molecule is CCNc1nc(CN2CCCOC(C)C2)nc2sccc12. The number of hydrogen-bond acceptors (Lipinski definition) is 6. The summed E-state index contributed by atoms with van der Waals surface area (Å²) >= 11 is 1.67. The lowest BCUT2D eigenvalue weighted by atomic mass is 10.3. The molecule has 1 saturated heterocycles. The van der Waals surface area contributed by atoms with Gasteiger partial charge in [-0.2, -0.15) is 0 Å². The van der Waals surface area contributed by atoms with Gasteiger partial charge in [0.15, 0.2) is 0 Å². The number of thiophene rings is 1. The van der Waals surface area contributed by atoms with Crippen LogP contribution in [-0.2, 0) is 11.3 Å². The Balaban J connectivity index is 1.82. The van der Waals surface area contributed by atoms with E-state index in [4.69, 9.17) is 14.7 Å². The number of hydrogen-bond donors (Lipinski definition) is 1. The zero-order chi connectivity index (χ0) is 14.7. The lowest BCUT2D eigenvalue weighted by Crippen LogP contribution is -2.30. The molecule has 0 amide bonds. The molecule has 2 aromatic rings. The number of nitrogens with zero attached hydrogens (tertiary/aromatic N) is 3.